The van der Waals surface area contributed by atoms with E-state index in [-0.39, 0.29) is 17.7 Å². The van der Waals surface area contributed by atoms with Crippen molar-refractivity contribution in [2.75, 3.05) is 13.1 Å². The van der Waals surface area contributed by atoms with Gasteiger partial charge in [0.15, 0.2) is 0 Å². The zero-order chi connectivity index (χ0) is 14.4. The molecule has 1 fully saturated rings. The maximum Gasteiger partial charge on any atom is 0.223 e. The molecule has 6 nitrogen and oxygen atoms in total. The van der Waals surface area contributed by atoms with Crippen molar-refractivity contribution < 1.29 is 9.59 Å². The van der Waals surface area contributed by atoms with E-state index in [9.17, 15) is 9.59 Å². The number of nitrogens with zero attached hydrogens (tertiary/aromatic N) is 2. The van der Waals surface area contributed by atoms with E-state index in [1.165, 1.54) is 0 Å². The molecule has 2 rings (SSSR count). The molecular formula is C14H22N4O2. The maximum atomic E-state index is 11.6. The second-order valence-electron chi connectivity index (χ2n) is 5.33. The van der Waals surface area contributed by atoms with Crippen molar-refractivity contribution in [1.29, 1.82) is 0 Å². The van der Waals surface area contributed by atoms with E-state index in [2.05, 4.69) is 22.7 Å². The minimum atomic E-state index is -0.0189. The van der Waals surface area contributed by atoms with Crippen LogP contribution in [-0.2, 0) is 16.1 Å². The summed E-state index contributed by atoms with van der Waals surface area (Å²) in [6, 6.07) is 1.88. The Hall–Kier alpha value is -1.85. The highest BCUT2D eigenvalue weighted by Crippen LogP contribution is 2.37. The lowest BCUT2D eigenvalue weighted by molar-refractivity contribution is -0.123. The molecule has 2 unspecified atom stereocenters. The molecule has 6 heteroatoms. The first kappa shape index (κ1) is 14.6. The molecule has 0 radical (unpaired) electrons. The zero-order valence-electron chi connectivity index (χ0n) is 11.8. The van der Waals surface area contributed by atoms with Crippen LogP contribution in [-0.4, -0.2) is 34.7 Å². The molecule has 0 aliphatic heterocycles. The van der Waals surface area contributed by atoms with Crippen LogP contribution in [0.3, 0.4) is 0 Å². The third-order valence-corrected chi connectivity index (χ3v) is 3.54. The Morgan fingerprint density at radius 2 is 2.15 bits per heavy atom. The standard InChI is InChI=1S/C14H22N4O2/c1-11-10-12(11)14(20)16-7-4-13(19)15-5-2-8-18-9-3-6-17-18/h3,6,9,11-12H,2,4-5,7-8,10H2,1H3,(H,15,19)(H,16,20). The number of hydrogen-bond donors (Lipinski definition) is 2. The highest BCUT2D eigenvalue weighted by Gasteiger charge is 2.38. The molecule has 0 bridgehead atoms. The first-order valence-corrected chi connectivity index (χ1v) is 7.18. The van der Waals surface area contributed by atoms with E-state index in [0.29, 0.717) is 25.4 Å². The van der Waals surface area contributed by atoms with Crippen LogP contribution in [0, 0.1) is 11.8 Å². The van der Waals surface area contributed by atoms with E-state index in [0.717, 1.165) is 19.4 Å². The molecular weight excluding hydrogens is 256 g/mol. The van der Waals surface area contributed by atoms with Crippen LogP contribution >= 0.6 is 0 Å². The van der Waals surface area contributed by atoms with Crippen molar-refractivity contribution in [1.82, 2.24) is 20.4 Å². The third kappa shape index (κ3) is 4.68. The molecule has 1 aromatic rings. The van der Waals surface area contributed by atoms with Gasteiger partial charge in [-0.15, -0.1) is 0 Å². The average Bonchev–Trinajstić information content (AvgIpc) is 2.94. The predicted octanol–water partition coefficient (Wildman–Crippen LogP) is 0.552. The van der Waals surface area contributed by atoms with Crippen LogP contribution in [0.2, 0.25) is 0 Å². The molecule has 2 amide bonds. The number of nitrogens with one attached hydrogen (secondary N) is 2. The fourth-order valence-corrected chi connectivity index (χ4v) is 2.11. The van der Waals surface area contributed by atoms with Gasteiger partial charge in [-0.3, -0.25) is 14.3 Å². The lowest BCUT2D eigenvalue weighted by Crippen LogP contribution is -2.32. The fraction of sp³-hybridized carbons (Fsp3) is 0.643. The van der Waals surface area contributed by atoms with Crippen LogP contribution in [0.5, 0.6) is 0 Å². The van der Waals surface area contributed by atoms with Gasteiger partial charge in [0.2, 0.25) is 11.8 Å². The van der Waals surface area contributed by atoms with Gasteiger partial charge < -0.3 is 10.6 Å². The normalized spacial score (nSPS) is 20.4. The molecule has 1 aliphatic rings. The van der Waals surface area contributed by atoms with Gasteiger partial charge in [-0.1, -0.05) is 6.92 Å². The molecule has 0 spiro atoms. The van der Waals surface area contributed by atoms with Crippen LogP contribution < -0.4 is 10.6 Å². The van der Waals surface area contributed by atoms with Crippen LogP contribution in [0.25, 0.3) is 0 Å². The minimum Gasteiger partial charge on any atom is -0.356 e. The van der Waals surface area contributed by atoms with Crippen LogP contribution in [0.15, 0.2) is 18.5 Å². The lowest BCUT2D eigenvalue weighted by Gasteiger charge is -2.06. The summed E-state index contributed by atoms with van der Waals surface area (Å²) in [6.45, 7) is 3.92. The number of aryl methyl sites for hydroxylation is 1. The molecule has 20 heavy (non-hydrogen) atoms. The molecule has 1 heterocycles. The topological polar surface area (TPSA) is 76.0 Å². The second kappa shape index (κ2) is 7.07. The van der Waals surface area contributed by atoms with Gasteiger partial charge in [0.1, 0.15) is 0 Å². The minimum absolute atomic E-state index is 0.0189. The van der Waals surface area contributed by atoms with Gasteiger partial charge in [-0.05, 0) is 24.8 Å². The first-order chi connectivity index (χ1) is 9.66. The molecule has 1 aliphatic carbocycles. The Morgan fingerprint density at radius 1 is 1.35 bits per heavy atom. The van der Waals surface area contributed by atoms with Gasteiger partial charge in [-0.2, -0.15) is 5.10 Å². The fourth-order valence-electron chi connectivity index (χ4n) is 2.11. The number of rotatable bonds is 8. The second-order valence-corrected chi connectivity index (χ2v) is 5.33. The van der Waals surface area contributed by atoms with E-state index in [1.54, 1.807) is 6.20 Å². The number of amides is 2. The van der Waals surface area contributed by atoms with E-state index < -0.39 is 0 Å². The Balaban J connectivity index is 1.47. The first-order valence-electron chi connectivity index (χ1n) is 7.18. The number of hydrogen-bond acceptors (Lipinski definition) is 3. The zero-order valence-corrected chi connectivity index (χ0v) is 11.8. The lowest BCUT2D eigenvalue weighted by atomic mass is 10.3. The molecule has 1 saturated carbocycles. The number of carbonyl (C=O) groups excluding carboxylic acids is 2. The van der Waals surface area contributed by atoms with E-state index in [4.69, 9.17) is 0 Å². The van der Waals surface area contributed by atoms with Crippen molar-refractivity contribution in [2.45, 2.75) is 32.7 Å². The molecule has 110 valence electrons. The molecule has 0 aromatic carbocycles. The van der Waals surface area contributed by atoms with Crippen molar-refractivity contribution >= 4 is 11.8 Å². The summed E-state index contributed by atoms with van der Waals surface area (Å²) in [5.74, 6) is 0.747. The van der Waals surface area contributed by atoms with Crippen molar-refractivity contribution in [2.24, 2.45) is 11.8 Å². The average molecular weight is 278 g/mol. The predicted molar refractivity (Wildman–Crippen MR) is 74.8 cm³/mol. The summed E-state index contributed by atoms with van der Waals surface area (Å²) in [5, 5.41) is 9.73. The van der Waals surface area contributed by atoms with Crippen molar-refractivity contribution in [3.63, 3.8) is 0 Å². The van der Waals surface area contributed by atoms with Crippen molar-refractivity contribution in [3.8, 4) is 0 Å². The van der Waals surface area contributed by atoms with Gasteiger partial charge in [0.25, 0.3) is 0 Å². The number of carbonyl (C=O) groups is 2. The molecule has 2 atom stereocenters. The quantitative estimate of drug-likeness (QED) is 0.682. The summed E-state index contributed by atoms with van der Waals surface area (Å²) >= 11 is 0. The third-order valence-electron chi connectivity index (χ3n) is 3.54. The Morgan fingerprint density at radius 3 is 2.80 bits per heavy atom. The maximum absolute atomic E-state index is 11.6. The van der Waals surface area contributed by atoms with Gasteiger partial charge in [-0.25, -0.2) is 0 Å². The molecule has 1 aromatic heterocycles. The molecule has 0 saturated heterocycles. The Bertz CT molecular complexity index is 444. The SMILES string of the molecule is CC1CC1C(=O)NCCC(=O)NCCCn1cccn1. The monoisotopic (exact) mass is 278 g/mol. The van der Waals surface area contributed by atoms with Crippen LogP contribution in [0.4, 0.5) is 0 Å². The van der Waals surface area contributed by atoms with Gasteiger partial charge in [0.05, 0.1) is 0 Å². The Kier molecular flexibility index (Phi) is 5.15. The van der Waals surface area contributed by atoms with E-state index >= 15 is 0 Å². The summed E-state index contributed by atoms with van der Waals surface area (Å²) in [5.41, 5.74) is 0. The van der Waals surface area contributed by atoms with Gasteiger partial charge >= 0.3 is 0 Å². The highest BCUT2D eigenvalue weighted by molar-refractivity contribution is 5.82. The summed E-state index contributed by atoms with van der Waals surface area (Å²) in [6.07, 6.45) is 5.80. The highest BCUT2D eigenvalue weighted by atomic mass is 16.2. The summed E-state index contributed by atoms with van der Waals surface area (Å²) < 4.78 is 1.84. The van der Waals surface area contributed by atoms with Crippen molar-refractivity contribution in [3.05, 3.63) is 18.5 Å². The van der Waals surface area contributed by atoms with Gasteiger partial charge in [0, 0.05) is 44.4 Å². The number of aromatic nitrogens is 2. The van der Waals surface area contributed by atoms with Crippen LogP contribution in [0.1, 0.15) is 26.2 Å². The Labute approximate surface area is 118 Å². The largest absolute Gasteiger partial charge is 0.356 e. The van der Waals surface area contributed by atoms with E-state index in [1.807, 2.05) is 16.9 Å². The summed E-state index contributed by atoms with van der Waals surface area (Å²) in [7, 11) is 0. The smallest absolute Gasteiger partial charge is 0.223 e. The molecule has 2 N–H and O–H groups in total. The summed E-state index contributed by atoms with van der Waals surface area (Å²) in [4.78, 5) is 23.1.